The van der Waals surface area contributed by atoms with E-state index in [9.17, 15) is 14.9 Å². The van der Waals surface area contributed by atoms with Gasteiger partial charge in [-0.3, -0.25) is 14.2 Å². The number of hydrogen-bond donors (Lipinski definition) is 1. The summed E-state index contributed by atoms with van der Waals surface area (Å²) in [4.78, 5) is 31.2. The van der Waals surface area contributed by atoms with Crippen LogP contribution in [0, 0.1) is 25.2 Å². The van der Waals surface area contributed by atoms with E-state index < -0.39 is 5.25 Å². The smallest absolute Gasteiger partial charge is 0.266 e. The molecule has 1 unspecified atom stereocenters. The van der Waals surface area contributed by atoms with Crippen molar-refractivity contribution in [3.05, 3.63) is 93.8 Å². The molecule has 3 aromatic carbocycles. The fourth-order valence-electron chi connectivity index (χ4n) is 3.60. The Morgan fingerprint density at radius 3 is 2.58 bits per heavy atom. The van der Waals surface area contributed by atoms with E-state index in [4.69, 9.17) is 4.98 Å². The van der Waals surface area contributed by atoms with Crippen molar-refractivity contribution in [3.8, 4) is 11.8 Å². The van der Waals surface area contributed by atoms with E-state index in [1.807, 2.05) is 44.2 Å². The quantitative estimate of drug-likeness (QED) is 0.339. The number of benzene rings is 3. The van der Waals surface area contributed by atoms with Crippen LogP contribution in [0.5, 0.6) is 0 Å². The Bertz CT molecular complexity index is 1470. The predicted octanol–water partition coefficient (Wildman–Crippen LogP) is 4.99. The van der Waals surface area contributed by atoms with Crippen molar-refractivity contribution in [1.82, 2.24) is 9.55 Å². The monoisotopic (exact) mass is 454 g/mol. The third-order valence-corrected chi connectivity index (χ3v) is 6.35. The largest absolute Gasteiger partial charge is 0.324 e. The summed E-state index contributed by atoms with van der Waals surface area (Å²) in [6, 6.07) is 22.0. The molecule has 0 fully saturated rings. The number of thioether (sulfide) groups is 1. The topological polar surface area (TPSA) is 87.8 Å². The summed E-state index contributed by atoms with van der Waals surface area (Å²) >= 11 is 1.20. The van der Waals surface area contributed by atoms with Crippen LogP contribution < -0.4 is 10.9 Å². The van der Waals surface area contributed by atoms with Gasteiger partial charge in [0.2, 0.25) is 5.91 Å². The van der Waals surface area contributed by atoms with Crippen molar-refractivity contribution >= 4 is 34.3 Å². The lowest BCUT2D eigenvalue weighted by Gasteiger charge is -2.18. The van der Waals surface area contributed by atoms with E-state index in [1.165, 1.54) is 11.8 Å². The molecule has 1 heterocycles. The molecule has 1 amide bonds. The number of nitrogens with zero attached hydrogens (tertiary/aromatic N) is 3. The van der Waals surface area contributed by atoms with Crippen molar-refractivity contribution in [2.24, 2.45) is 0 Å². The molecule has 0 aliphatic rings. The Morgan fingerprint density at radius 2 is 1.82 bits per heavy atom. The summed E-state index contributed by atoms with van der Waals surface area (Å²) in [5.74, 6) is -0.280. The second-order valence-corrected chi connectivity index (χ2v) is 9.06. The van der Waals surface area contributed by atoms with Crippen LogP contribution in [0.3, 0.4) is 0 Å². The highest BCUT2D eigenvalue weighted by atomic mass is 32.2. The summed E-state index contributed by atoms with van der Waals surface area (Å²) in [5, 5.41) is 12.5. The number of para-hydroxylation sites is 2. The van der Waals surface area contributed by atoms with E-state index in [1.54, 1.807) is 47.9 Å². The zero-order valence-electron chi connectivity index (χ0n) is 18.5. The Kier molecular flexibility index (Phi) is 6.29. The highest BCUT2D eigenvalue weighted by Gasteiger charge is 2.21. The summed E-state index contributed by atoms with van der Waals surface area (Å²) in [6.45, 7) is 5.70. The van der Waals surface area contributed by atoms with E-state index in [0.29, 0.717) is 27.3 Å². The number of anilines is 1. The van der Waals surface area contributed by atoms with Crippen LogP contribution in [0.1, 0.15) is 23.6 Å². The molecule has 0 radical (unpaired) electrons. The highest BCUT2D eigenvalue weighted by molar-refractivity contribution is 8.00. The molecule has 1 N–H and O–H groups in total. The number of carbonyl (C=O) groups excluding carboxylic acids is 1. The number of amides is 1. The minimum absolute atomic E-state index is 0.183. The standard InChI is InChI=1S/C26H22N4O2S/c1-16-12-13-23(17(2)14-16)30-25(32)20-9-5-7-11-22(20)29-26(30)33-18(3)24(31)28-21-10-6-4-8-19(21)15-27/h4-14,18H,1-3H3,(H,28,31). The first kappa shape index (κ1) is 22.3. The van der Waals surface area contributed by atoms with Gasteiger partial charge in [0, 0.05) is 0 Å². The molecule has 0 spiro atoms. The van der Waals surface area contributed by atoms with Gasteiger partial charge in [0.15, 0.2) is 5.16 Å². The van der Waals surface area contributed by atoms with E-state index in [0.717, 1.165) is 16.8 Å². The van der Waals surface area contributed by atoms with Gasteiger partial charge in [0.25, 0.3) is 5.56 Å². The summed E-state index contributed by atoms with van der Waals surface area (Å²) in [6.07, 6.45) is 0. The molecule has 0 aliphatic carbocycles. The summed E-state index contributed by atoms with van der Waals surface area (Å²) < 4.78 is 1.58. The molecule has 6 nitrogen and oxygen atoms in total. The molecule has 164 valence electrons. The molecular formula is C26H22N4O2S. The maximum absolute atomic E-state index is 13.5. The maximum atomic E-state index is 13.5. The van der Waals surface area contributed by atoms with Crippen molar-refractivity contribution in [1.29, 1.82) is 5.26 Å². The first-order valence-electron chi connectivity index (χ1n) is 10.4. The molecule has 0 saturated heterocycles. The van der Waals surface area contributed by atoms with Crippen LogP contribution >= 0.6 is 11.8 Å². The van der Waals surface area contributed by atoms with Crippen molar-refractivity contribution in [3.63, 3.8) is 0 Å². The van der Waals surface area contributed by atoms with E-state index in [-0.39, 0.29) is 11.5 Å². The fourth-order valence-corrected chi connectivity index (χ4v) is 4.52. The number of fused-ring (bicyclic) bond motifs is 1. The van der Waals surface area contributed by atoms with Gasteiger partial charge in [-0.05, 0) is 56.7 Å². The molecule has 4 rings (SSSR count). The lowest BCUT2D eigenvalue weighted by Crippen LogP contribution is -2.26. The Balaban J connectivity index is 1.76. The Morgan fingerprint density at radius 1 is 1.09 bits per heavy atom. The summed E-state index contributed by atoms with van der Waals surface area (Å²) in [7, 11) is 0. The predicted molar refractivity (Wildman–Crippen MR) is 132 cm³/mol. The molecule has 1 aromatic heterocycles. The fraction of sp³-hybridized carbons (Fsp3) is 0.154. The van der Waals surface area contributed by atoms with Crippen LogP contribution in [-0.2, 0) is 4.79 Å². The Hall–Kier alpha value is -3.89. The lowest BCUT2D eigenvalue weighted by molar-refractivity contribution is -0.115. The molecular weight excluding hydrogens is 432 g/mol. The zero-order chi connectivity index (χ0) is 23.5. The maximum Gasteiger partial charge on any atom is 0.266 e. The second kappa shape index (κ2) is 9.31. The number of rotatable bonds is 5. The van der Waals surface area contributed by atoms with Crippen LogP contribution in [0.2, 0.25) is 0 Å². The first-order valence-corrected chi connectivity index (χ1v) is 11.3. The SMILES string of the molecule is Cc1ccc(-n2c(SC(C)C(=O)Nc3ccccc3C#N)nc3ccccc3c2=O)c(C)c1. The second-order valence-electron chi connectivity index (χ2n) is 7.75. The first-order chi connectivity index (χ1) is 15.9. The minimum atomic E-state index is -0.568. The van der Waals surface area contributed by atoms with Gasteiger partial charge >= 0.3 is 0 Å². The van der Waals surface area contributed by atoms with Crippen LogP contribution in [0.4, 0.5) is 5.69 Å². The molecule has 0 aliphatic heterocycles. The number of carbonyl (C=O) groups is 1. The van der Waals surface area contributed by atoms with Crippen LogP contribution in [-0.4, -0.2) is 20.7 Å². The number of hydrogen-bond acceptors (Lipinski definition) is 5. The molecule has 0 bridgehead atoms. The van der Waals surface area contributed by atoms with Gasteiger partial charge in [0.05, 0.1) is 33.1 Å². The van der Waals surface area contributed by atoms with Gasteiger partial charge < -0.3 is 5.32 Å². The van der Waals surface area contributed by atoms with Gasteiger partial charge in [-0.1, -0.05) is 53.7 Å². The van der Waals surface area contributed by atoms with Gasteiger partial charge in [-0.25, -0.2) is 4.98 Å². The van der Waals surface area contributed by atoms with Crippen molar-refractivity contribution in [2.75, 3.05) is 5.32 Å². The average Bonchev–Trinajstić information content (AvgIpc) is 2.80. The van der Waals surface area contributed by atoms with E-state index >= 15 is 0 Å². The molecule has 33 heavy (non-hydrogen) atoms. The Labute approximate surface area is 195 Å². The average molecular weight is 455 g/mol. The minimum Gasteiger partial charge on any atom is -0.324 e. The number of aryl methyl sites for hydroxylation is 2. The zero-order valence-corrected chi connectivity index (χ0v) is 19.3. The van der Waals surface area contributed by atoms with Crippen molar-refractivity contribution in [2.45, 2.75) is 31.2 Å². The summed E-state index contributed by atoms with van der Waals surface area (Å²) in [5.41, 5.74) is 4.00. The van der Waals surface area contributed by atoms with Gasteiger partial charge in [-0.2, -0.15) is 5.26 Å². The normalized spacial score (nSPS) is 11.7. The van der Waals surface area contributed by atoms with Gasteiger partial charge in [-0.15, -0.1) is 0 Å². The van der Waals surface area contributed by atoms with Crippen LogP contribution in [0.15, 0.2) is 76.7 Å². The molecule has 7 heteroatoms. The third kappa shape index (κ3) is 4.52. The molecule has 4 aromatic rings. The van der Waals surface area contributed by atoms with Crippen LogP contribution in [0.25, 0.3) is 16.6 Å². The number of aromatic nitrogens is 2. The molecule has 1 atom stereocenters. The molecule has 0 saturated carbocycles. The lowest BCUT2D eigenvalue weighted by atomic mass is 10.1. The third-order valence-electron chi connectivity index (χ3n) is 5.29. The van der Waals surface area contributed by atoms with E-state index in [2.05, 4.69) is 11.4 Å². The number of nitriles is 1. The van der Waals surface area contributed by atoms with Crippen molar-refractivity contribution < 1.29 is 4.79 Å². The highest BCUT2D eigenvalue weighted by Crippen LogP contribution is 2.27. The number of nitrogens with one attached hydrogen (secondary N) is 1. The van der Waals surface area contributed by atoms with Gasteiger partial charge in [0.1, 0.15) is 6.07 Å².